The highest BCUT2D eigenvalue weighted by Gasteiger charge is 2.23. The normalized spacial score (nSPS) is 14.5. The van der Waals surface area contributed by atoms with E-state index in [1.165, 1.54) is 24.3 Å². The maximum Gasteiger partial charge on any atom is 0.264 e. The molecule has 148 valence electrons. The molecule has 0 fully saturated rings. The number of fused-ring (bicyclic) bond motifs is 1. The minimum atomic E-state index is -3.97. The fourth-order valence-electron chi connectivity index (χ4n) is 3.16. The number of aromatic nitrogens is 3. The minimum Gasteiger partial charge on any atom is -0.311 e. The monoisotopic (exact) mass is 460 g/mol. The molecule has 0 bridgehead atoms. The summed E-state index contributed by atoms with van der Waals surface area (Å²) in [6.07, 6.45) is 3.85. The topological polar surface area (TPSA) is 76.9 Å². The smallest absolute Gasteiger partial charge is 0.264 e. The van der Waals surface area contributed by atoms with Crippen LogP contribution >= 0.6 is 34.5 Å². The summed E-state index contributed by atoms with van der Waals surface area (Å²) in [5.41, 5.74) is 0.385. The van der Waals surface area contributed by atoms with E-state index in [4.69, 9.17) is 23.2 Å². The predicted octanol–water partition coefficient (Wildman–Crippen LogP) is 4.98. The summed E-state index contributed by atoms with van der Waals surface area (Å²) >= 11 is 12.8. The number of anilines is 1. The van der Waals surface area contributed by atoms with Crippen molar-refractivity contribution in [2.45, 2.75) is 37.1 Å². The van der Waals surface area contributed by atoms with Crippen LogP contribution in [0.5, 0.6) is 0 Å². The Morgan fingerprint density at radius 2 is 1.96 bits per heavy atom. The molecule has 3 aromatic rings. The second-order valence-electron chi connectivity index (χ2n) is 6.39. The molecule has 0 saturated carbocycles. The van der Waals surface area contributed by atoms with Crippen LogP contribution in [0.15, 0.2) is 29.2 Å². The zero-order valence-electron chi connectivity index (χ0n) is 14.5. The van der Waals surface area contributed by atoms with E-state index >= 15 is 0 Å². The first-order valence-corrected chi connectivity index (χ1v) is 11.6. The molecule has 11 heteroatoms. The molecule has 0 amide bonds. The molecule has 6 nitrogen and oxygen atoms in total. The predicted molar refractivity (Wildman–Crippen MR) is 108 cm³/mol. The lowest BCUT2D eigenvalue weighted by molar-refractivity contribution is 0.601. The number of nitrogens with zero attached hydrogens (tertiary/aromatic N) is 3. The Morgan fingerprint density at radius 1 is 1.14 bits per heavy atom. The van der Waals surface area contributed by atoms with Gasteiger partial charge in [-0.3, -0.25) is 4.72 Å². The lowest BCUT2D eigenvalue weighted by Gasteiger charge is -2.11. The molecule has 0 spiro atoms. The van der Waals surface area contributed by atoms with Gasteiger partial charge in [0, 0.05) is 18.7 Å². The Balaban J connectivity index is 1.71. The van der Waals surface area contributed by atoms with Gasteiger partial charge in [-0.05, 0) is 37.1 Å². The average molecular weight is 461 g/mol. The van der Waals surface area contributed by atoms with Crippen molar-refractivity contribution in [2.24, 2.45) is 0 Å². The highest BCUT2D eigenvalue weighted by molar-refractivity contribution is 7.93. The summed E-state index contributed by atoms with van der Waals surface area (Å²) in [5, 5.41) is 8.32. The van der Waals surface area contributed by atoms with Crippen molar-refractivity contribution in [1.29, 1.82) is 0 Å². The Labute approximate surface area is 175 Å². The maximum atomic E-state index is 14.5. The number of halogens is 3. The summed E-state index contributed by atoms with van der Waals surface area (Å²) in [5.74, 6) is 0.712. The Bertz CT molecular complexity index is 1140. The molecule has 1 aliphatic rings. The molecule has 0 saturated heterocycles. The van der Waals surface area contributed by atoms with Crippen molar-refractivity contribution in [3.05, 3.63) is 44.6 Å². The standard InChI is InChI=1S/C17H15Cl2FN4O2S2/c18-14-9-13(16(19)27-14)28(25,26)23-10-5-6-12(20)11(8-10)17-22-21-15-4-2-1-3-7-24(15)17/h5-6,8-9,23H,1-4,7H2. The third-order valence-corrected chi connectivity index (χ3v) is 7.62. The van der Waals surface area contributed by atoms with Gasteiger partial charge in [0.05, 0.1) is 9.90 Å². The van der Waals surface area contributed by atoms with Crippen molar-refractivity contribution in [3.8, 4) is 11.4 Å². The SMILES string of the molecule is O=S(=O)(Nc1ccc(F)c(-c2nnc3n2CCCCC3)c1)c1cc(Cl)sc1Cl. The fourth-order valence-corrected chi connectivity index (χ4v) is 6.36. The molecule has 0 atom stereocenters. The number of sulfonamides is 1. The molecule has 0 radical (unpaired) electrons. The van der Waals surface area contributed by atoms with E-state index in [-0.39, 0.29) is 24.8 Å². The van der Waals surface area contributed by atoms with Gasteiger partial charge in [-0.2, -0.15) is 0 Å². The van der Waals surface area contributed by atoms with E-state index in [1.807, 2.05) is 4.57 Å². The number of benzene rings is 1. The summed E-state index contributed by atoms with van der Waals surface area (Å²) < 4.78 is 44.4. The van der Waals surface area contributed by atoms with Crippen LogP contribution in [0.3, 0.4) is 0 Å². The molecule has 1 aromatic carbocycles. The largest absolute Gasteiger partial charge is 0.311 e. The third kappa shape index (κ3) is 3.76. The van der Waals surface area contributed by atoms with Crippen LogP contribution in [0.25, 0.3) is 11.4 Å². The Hall–Kier alpha value is -1.68. The molecule has 2 aromatic heterocycles. The maximum absolute atomic E-state index is 14.5. The van der Waals surface area contributed by atoms with Crippen molar-refractivity contribution in [2.75, 3.05) is 4.72 Å². The van der Waals surface area contributed by atoms with Gasteiger partial charge < -0.3 is 4.57 Å². The van der Waals surface area contributed by atoms with E-state index < -0.39 is 15.8 Å². The summed E-state index contributed by atoms with van der Waals surface area (Å²) in [6.45, 7) is 0.704. The molecular weight excluding hydrogens is 446 g/mol. The van der Waals surface area contributed by atoms with Gasteiger partial charge in [0.15, 0.2) is 5.82 Å². The Kier molecular flexibility index (Phi) is 5.34. The molecule has 0 unspecified atom stereocenters. The lowest BCUT2D eigenvalue weighted by atomic mass is 10.1. The minimum absolute atomic E-state index is 0.0580. The van der Waals surface area contributed by atoms with Crippen LogP contribution in [0, 0.1) is 5.82 Å². The van der Waals surface area contributed by atoms with Crippen molar-refractivity contribution in [3.63, 3.8) is 0 Å². The van der Waals surface area contributed by atoms with E-state index in [0.717, 1.165) is 42.8 Å². The van der Waals surface area contributed by atoms with Crippen LogP contribution in [0.2, 0.25) is 8.67 Å². The fraction of sp³-hybridized carbons (Fsp3) is 0.294. The molecule has 4 rings (SSSR count). The van der Waals surface area contributed by atoms with Gasteiger partial charge in [0.1, 0.15) is 20.9 Å². The molecule has 3 heterocycles. The molecule has 28 heavy (non-hydrogen) atoms. The number of aryl methyl sites for hydroxylation is 1. The first kappa shape index (κ1) is 19.6. The first-order chi connectivity index (χ1) is 13.3. The molecule has 1 aliphatic heterocycles. The van der Waals surface area contributed by atoms with Gasteiger partial charge in [-0.1, -0.05) is 29.6 Å². The highest BCUT2D eigenvalue weighted by atomic mass is 35.5. The van der Waals surface area contributed by atoms with Crippen LogP contribution in [-0.4, -0.2) is 23.2 Å². The van der Waals surface area contributed by atoms with Crippen molar-refractivity contribution >= 4 is 50.2 Å². The zero-order valence-corrected chi connectivity index (χ0v) is 17.6. The van der Waals surface area contributed by atoms with E-state index in [0.29, 0.717) is 12.4 Å². The molecule has 1 N–H and O–H groups in total. The Morgan fingerprint density at radius 3 is 2.71 bits per heavy atom. The number of rotatable bonds is 4. The van der Waals surface area contributed by atoms with Gasteiger partial charge in [0.25, 0.3) is 10.0 Å². The number of thiophene rings is 1. The summed E-state index contributed by atoms with van der Waals surface area (Å²) in [6, 6.07) is 5.24. The molecular formula is C17H15Cl2FN4O2S2. The van der Waals surface area contributed by atoms with E-state index in [9.17, 15) is 12.8 Å². The zero-order chi connectivity index (χ0) is 19.9. The highest BCUT2D eigenvalue weighted by Crippen LogP contribution is 2.35. The third-order valence-electron chi connectivity index (χ3n) is 4.48. The first-order valence-electron chi connectivity index (χ1n) is 8.55. The summed E-state index contributed by atoms with van der Waals surface area (Å²) in [7, 11) is -3.97. The molecule has 0 aliphatic carbocycles. The lowest BCUT2D eigenvalue weighted by Crippen LogP contribution is -2.13. The number of hydrogen-bond acceptors (Lipinski definition) is 5. The van der Waals surface area contributed by atoms with Gasteiger partial charge in [-0.25, -0.2) is 12.8 Å². The second kappa shape index (κ2) is 7.62. The van der Waals surface area contributed by atoms with Gasteiger partial charge >= 0.3 is 0 Å². The second-order valence-corrected chi connectivity index (χ2v) is 10.3. The van der Waals surface area contributed by atoms with Crippen LogP contribution < -0.4 is 4.72 Å². The van der Waals surface area contributed by atoms with Crippen molar-refractivity contribution in [1.82, 2.24) is 14.8 Å². The van der Waals surface area contributed by atoms with Crippen molar-refractivity contribution < 1.29 is 12.8 Å². The summed E-state index contributed by atoms with van der Waals surface area (Å²) in [4.78, 5) is -0.119. The quantitative estimate of drug-likeness (QED) is 0.595. The van der Waals surface area contributed by atoms with Crippen LogP contribution in [-0.2, 0) is 23.0 Å². The van der Waals surface area contributed by atoms with Crippen LogP contribution in [0.1, 0.15) is 25.1 Å². The van der Waals surface area contributed by atoms with Crippen LogP contribution in [0.4, 0.5) is 10.1 Å². The van der Waals surface area contributed by atoms with Gasteiger partial charge in [-0.15, -0.1) is 21.5 Å². The van der Waals surface area contributed by atoms with Gasteiger partial charge in [0.2, 0.25) is 0 Å². The van der Waals surface area contributed by atoms with E-state index in [2.05, 4.69) is 14.9 Å². The number of hydrogen-bond donors (Lipinski definition) is 1. The van der Waals surface area contributed by atoms with E-state index in [1.54, 1.807) is 0 Å². The number of nitrogens with one attached hydrogen (secondary N) is 1. The average Bonchev–Trinajstić information content (AvgIpc) is 3.11.